The van der Waals surface area contributed by atoms with Gasteiger partial charge in [0.2, 0.25) is 0 Å². The summed E-state index contributed by atoms with van der Waals surface area (Å²) in [6.45, 7) is 10.1. The quantitative estimate of drug-likeness (QED) is 0.388. The molecule has 3 heteroatoms. The first-order valence-electron chi connectivity index (χ1n) is 10.3. The minimum absolute atomic E-state index is 0.460. The van der Waals surface area contributed by atoms with E-state index in [0.717, 1.165) is 19.4 Å². The fourth-order valence-electron chi connectivity index (χ4n) is 3.37. The van der Waals surface area contributed by atoms with Crippen molar-refractivity contribution in [2.75, 3.05) is 13.7 Å². The number of hydrogen-bond donors (Lipinski definition) is 1. The van der Waals surface area contributed by atoms with Crippen LogP contribution >= 0.6 is 0 Å². The van der Waals surface area contributed by atoms with E-state index >= 15 is 0 Å². The van der Waals surface area contributed by atoms with Crippen LogP contribution in [0.25, 0.3) is 16.7 Å². The van der Waals surface area contributed by atoms with Crippen molar-refractivity contribution < 1.29 is 9.57 Å². The molecule has 2 aromatic carbocycles. The molecular weight excluding hydrogens is 346 g/mol. The summed E-state index contributed by atoms with van der Waals surface area (Å²) in [5, 5.41) is 0. The average Bonchev–Trinajstić information content (AvgIpc) is 3.53. The molecule has 1 atom stereocenters. The maximum atomic E-state index is 5.62. The lowest BCUT2D eigenvalue weighted by atomic mass is 9.90. The second kappa shape index (κ2) is 10.0. The van der Waals surface area contributed by atoms with Crippen molar-refractivity contribution in [2.45, 2.75) is 52.2 Å². The molecule has 3 nitrogen and oxygen atoms in total. The maximum Gasteiger partial charge on any atom is 0.0933 e. The number of allylic oxidation sites excluding steroid dienone is 1. The Labute approximate surface area is 169 Å². The van der Waals surface area contributed by atoms with E-state index in [4.69, 9.17) is 9.57 Å². The number of ether oxygens (including phenoxy) is 1. The number of hydrogen-bond acceptors (Lipinski definition) is 3. The molecule has 1 N–H and O–H groups in total. The minimum atomic E-state index is 0.460. The average molecular weight is 380 g/mol. The van der Waals surface area contributed by atoms with Gasteiger partial charge in [0.05, 0.1) is 6.61 Å². The molecule has 0 amide bonds. The van der Waals surface area contributed by atoms with Crippen LogP contribution in [0.2, 0.25) is 0 Å². The number of hydroxylamine groups is 1. The fraction of sp³-hybridized carbons (Fsp3) is 0.440. The van der Waals surface area contributed by atoms with Crippen LogP contribution < -0.4 is 5.48 Å². The molecule has 0 aliphatic heterocycles. The molecule has 3 rings (SSSR count). The zero-order valence-electron chi connectivity index (χ0n) is 17.5. The summed E-state index contributed by atoms with van der Waals surface area (Å²) in [5.74, 6) is 0.460. The van der Waals surface area contributed by atoms with E-state index < -0.39 is 0 Å². The highest BCUT2D eigenvalue weighted by atomic mass is 16.6. The normalized spacial score (nSPS) is 14.8. The molecule has 1 fully saturated rings. The topological polar surface area (TPSA) is 30.5 Å². The molecular formula is C25H33NO2. The van der Waals surface area contributed by atoms with E-state index in [9.17, 15) is 0 Å². The maximum absolute atomic E-state index is 5.62. The van der Waals surface area contributed by atoms with Crippen LogP contribution in [0.4, 0.5) is 0 Å². The molecule has 0 bridgehead atoms. The summed E-state index contributed by atoms with van der Waals surface area (Å²) in [7, 11) is 1.75. The summed E-state index contributed by atoms with van der Waals surface area (Å²) in [6.07, 6.45) is 4.62. The van der Waals surface area contributed by atoms with Gasteiger partial charge in [-0.3, -0.25) is 4.84 Å². The summed E-state index contributed by atoms with van der Waals surface area (Å²) >= 11 is 0. The Kier molecular flexibility index (Phi) is 7.43. The van der Waals surface area contributed by atoms with E-state index in [1.807, 2.05) is 0 Å². The number of methoxy groups -OCH3 is 1. The van der Waals surface area contributed by atoms with E-state index in [1.54, 1.807) is 7.11 Å². The van der Waals surface area contributed by atoms with Crippen LogP contribution in [0.5, 0.6) is 0 Å². The Morgan fingerprint density at radius 3 is 2.61 bits per heavy atom. The van der Waals surface area contributed by atoms with Crippen molar-refractivity contribution >= 4 is 5.57 Å². The zero-order chi connectivity index (χ0) is 19.9. The van der Waals surface area contributed by atoms with E-state index in [1.165, 1.54) is 46.2 Å². The Bertz CT molecular complexity index is 778. The van der Waals surface area contributed by atoms with Crippen LogP contribution in [0.3, 0.4) is 0 Å². The first-order chi connectivity index (χ1) is 13.6. The number of aryl methyl sites for hydroxylation is 1. The minimum Gasteiger partial charge on any atom is -0.385 e. The summed E-state index contributed by atoms with van der Waals surface area (Å²) in [4.78, 5) is 5.62. The number of nitrogens with one attached hydrogen (secondary N) is 1. The highest BCUT2D eigenvalue weighted by molar-refractivity contribution is 5.72. The molecule has 1 saturated carbocycles. The van der Waals surface area contributed by atoms with Gasteiger partial charge in [-0.1, -0.05) is 49.9 Å². The SMILES string of the molecule is C=C(c1ccc(-c2cc(CONC3CC3)ccc2C)cc1)C(C)CCCOC. The predicted octanol–water partition coefficient (Wildman–Crippen LogP) is 5.92. The molecule has 0 heterocycles. The second-order valence-corrected chi connectivity index (χ2v) is 7.97. The lowest BCUT2D eigenvalue weighted by Gasteiger charge is -2.16. The Hall–Kier alpha value is -1.94. The lowest BCUT2D eigenvalue weighted by molar-refractivity contribution is 0.0233. The molecule has 0 aromatic heterocycles. The van der Waals surface area contributed by atoms with Gasteiger partial charge in [0.1, 0.15) is 0 Å². The van der Waals surface area contributed by atoms with Gasteiger partial charge in [0, 0.05) is 19.8 Å². The molecule has 0 spiro atoms. The van der Waals surface area contributed by atoms with Gasteiger partial charge in [0.25, 0.3) is 0 Å². The lowest BCUT2D eigenvalue weighted by Crippen LogP contribution is -2.16. The van der Waals surface area contributed by atoms with Crippen molar-refractivity contribution in [3.05, 3.63) is 65.7 Å². The summed E-state index contributed by atoms with van der Waals surface area (Å²) in [6, 6.07) is 15.9. The molecule has 1 aliphatic rings. The Balaban J connectivity index is 1.65. The van der Waals surface area contributed by atoms with Gasteiger partial charge in [-0.05, 0) is 78.0 Å². The van der Waals surface area contributed by atoms with Crippen molar-refractivity contribution in [3.63, 3.8) is 0 Å². The second-order valence-electron chi connectivity index (χ2n) is 7.97. The van der Waals surface area contributed by atoms with Crippen LogP contribution in [0.1, 0.15) is 49.3 Å². The fourth-order valence-corrected chi connectivity index (χ4v) is 3.37. The molecule has 1 aliphatic carbocycles. The van der Waals surface area contributed by atoms with Gasteiger partial charge in [-0.25, -0.2) is 0 Å². The van der Waals surface area contributed by atoms with Crippen LogP contribution in [0.15, 0.2) is 49.0 Å². The third-order valence-corrected chi connectivity index (χ3v) is 5.52. The summed E-state index contributed by atoms with van der Waals surface area (Å²) in [5.41, 5.74) is 10.5. The highest BCUT2D eigenvalue weighted by Crippen LogP contribution is 2.29. The van der Waals surface area contributed by atoms with Crippen molar-refractivity contribution in [1.82, 2.24) is 5.48 Å². The van der Waals surface area contributed by atoms with Crippen LogP contribution in [-0.2, 0) is 16.2 Å². The summed E-state index contributed by atoms with van der Waals surface area (Å²) < 4.78 is 5.16. The molecule has 150 valence electrons. The third kappa shape index (κ3) is 5.78. The van der Waals surface area contributed by atoms with E-state index in [2.05, 4.69) is 68.4 Å². The van der Waals surface area contributed by atoms with Crippen molar-refractivity contribution in [2.24, 2.45) is 5.92 Å². The first kappa shape index (κ1) is 20.8. The largest absolute Gasteiger partial charge is 0.385 e. The third-order valence-electron chi connectivity index (χ3n) is 5.52. The highest BCUT2D eigenvalue weighted by Gasteiger charge is 2.20. The molecule has 2 aromatic rings. The van der Waals surface area contributed by atoms with Crippen LogP contribution in [0, 0.1) is 12.8 Å². The predicted molar refractivity (Wildman–Crippen MR) is 117 cm³/mol. The van der Waals surface area contributed by atoms with E-state index in [0.29, 0.717) is 18.6 Å². The Morgan fingerprint density at radius 2 is 1.93 bits per heavy atom. The molecule has 1 unspecified atom stereocenters. The molecule has 28 heavy (non-hydrogen) atoms. The molecule has 0 saturated heterocycles. The van der Waals surface area contributed by atoms with Crippen molar-refractivity contribution in [1.29, 1.82) is 0 Å². The van der Waals surface area contributed by atoms with Gasteiger partial charge in [-0.15, -0.1) is 0 Å². The van der Waals surface area contributed by atoms with Gasteiger partial charge in [0.15, 0.2) is 0 Å². The van der Waals surface area contributed by atoms with Crippen molar-refractivity contribution in [3.8, 4) is 11.1 Å². The number of rotatable bonds is 11. The Morgan fingerprint density at radius 1 is 1.18 bits per heavy atom. The van der Waals surface area contributed by atoms with Crippen LogP contribution in [-0.4, -0.2) is 19.8 Å². The number of benzene rings is 2. The first-order valence-corrected chi connectivity index (χ1v) is 10.3. The smallest absolute Gasteiger partial charge is 0.0933 e. The zero-order valence-corrected chi connectivity index (χ0v) is 17.5. The van der Waals surface area contributed by atoms with Gasteiger partial charge in [-0.2, -0.15) is 5.48 Å². The van der Waals surface area contributed by atoms with E-state index in [-0.39, 0.29) is 0 Å². The molecule has 0 radical (unpaired) electrons. The van der Waals surface area contributed by atoms with Gasteiger partial charge >= 0.3 is 0 Å². The van der Waals surface area contributed by atoms with Gasteiger partial charge < -0.3 is 4.74 Å². The monoisotopic (exact) mass is 379 g/mol. The standard InChI is InChI=1S/C25H33NO2/c1-18(6-5-15-27-4)20(3)22-9-11-23(12-10-22)25-16-21(8-7-19(25)2)17-28-26-24-13-14-24/h7-12,16,18,24,26H,3,5-6,13-15,17H2,1-2,4H3.